The van der Waals surface area contributed by atoms with E-state index in [1.54, 1.807) is 0 Å². The third-order valence-corrected chi connectivity index (χ3v) is 4.51. The molecule has 1 fully saturated rings. The molecule has 0 aromatic carbocycles. The molecule has 1 aliphatic heterocycles. The Morgan fingerprint density at radius 2 is 2.19 bits per heavy atom. The Morgan fingerprint density at radius 1 is 1.38 bits per heavy atom. The number of hydrogen-bond donors (Lipinski definition) is 1. The molecule has 1 unspecified atom stereocenters. The maximum absolute atomic E-state index is 5.43. The third-order valence-electron chi connectivity index (χ3n) is 3.75. The van der Waals surface area contributed by atoms with Gasteiger partial charge in [0.2, 0.25) is 0 Å². The highest BCUT2D eigenvalue weighted by Crippen LogP contribution is 2.27. The van der Waals surface area contributed by atoms with Crippen LogP contribution in [0.15, 0.2) is 4.52 Å². The van der Waals surface area contributed by atoms with Gasteiger partial charge in [0, 0.05) is 26.2 Å². The second-order valence-corrected chi connectivity index (χ2v) is 5.97. The van der Waals surface area contributed by atoms with Gasteiger partial charge < -0.3 is 9.84 Å². The third kappa shape index (κ3) is 3.12. The van der Waals surface area contributed by atoms with Crippen molar-refractivity contribution in [1.29, 1.82) is 0 Å². The van der Waals surface area contributed by atoms with E-state index in [9.17, 15) is 0 Å². The Hall–Kier alpha value is -1.38. The van der Waals surface area contributed by atoms with E-state index >= 15 is 0 Å². The van der Waals surface area contributed by atoms with Gasteiger partial charge in [-0.25, -0.2) is 0 Å². The zero-order chi connectivity index (χ0) is 14.7. The van der Waals surface area contributed by atoms with Crippen LogP contribution in [0.2, 0.25) is 0 Å². The van der Waals surface area contributed by atoms with Crippen LogP contribution in [0, 0.1) is 0 Å². The van der Waals surface area contributed by atoms with Gasteiger partial charge in [-0.05, 0) is 24.9 Å². The van der Waals surface area contributed by atoms with Crippen molar-refractivity contribution >= 4 is 11.5 Å². The molecule has 3 heterocycles. The number of aryl methyl sites for hydroxylation is 1. The van der Waals surface area contributed by atoms with E-state index in [1.165, 1.54) is 11.5 Å². The van der Waals surface area contributed by atoms with Gasteiger partial charge in [-0.1, -0.05) is 23.0 Å². The molecule has 3 rings (SSSR count). The molecular formula is C13H20N6OS. The summed E-state index contributed by atoms with van der Waals surface area (Å²) in [4.78, 5) is 7.83. The topological polar surface area (TPSA) is 80.0 Å². The van der Waals surface area contributed by atoms with Crippen molar-refractivity contribution < 1.29 is 4.52 Å². The summed E-state index contributed by atoms with van der Waals surface area (Å²) >= 11 is 1.32. The van der Waals surface area contributed by atoms with Crippen LogP contribution in [-0.4, -0.2) is 50.8 Å². The van der Waals surface area contributed by atoms with E-state index < -0.39 is 0 Å². The lowest BCUT2D eigenvalue weighted by Crippen LogP contribution is -2.44. The Kier molecular flexibility index (Phi) is 4.57. The van der Waals surface area contributed by atoms with Crippen LogP contribution in [0.25, 0.3) is 10.8 Å². The second kappa shape index (κ2) is 6.59. The lowest BCUT2D eigenvalue weighted by Gasteiger charge is -2.30. The van der Waals surface area contributed by atoms with Crippen molar-refractivity contribution in [2.24, 2.45) is 0 Å². The molecule has 8 heteroatoms. The van der Waals surface area contributed by atoms with Crippen LogP contribution in [0.5, 0.6) is 0 Å². The van der Waals surface area contributed by atoms with Crippen molar-refractivity contribution in [3.05, 3.63) is 11.5 Å². The number of aromatic nitrogens is 4. The summed E-state index contributed by atoms with van der Waals surface area (Å²) < 4.78 is 9.44. The first-order valence-electron chi connectivity index (χ1n) is 7.39. The molecule has 0 saturated carbocycles. The minimum absolute atomic E-state index is 0.167. The van der Waals surface area contributed by atoms with Crippen molar-refractivity contribution in [2.45, 2.75) is 32.7 Å². The van der Waals surface area contributed by atoms with Crippen molar-refractivity contribution in [3.8, 4) is 10.8 Å². The van der Waals surface area contributed by atoms with Gasteiger partial charge in [0.15, 0.2) is 5.82 Å². The van der Waals surface area contributed by atoms with Gasteiger partial charge in [0.1, 0.15) is 4.88 Å². The van der Waals surface area contributed by atoms with Gasteiger partial charge >= 0.3 is 0 Å². The lowest BCUT2D eigenvalue weighted by atomic mass is 10.2. The van der Waals surface area contributed by atoms with Crippen LogP contribution in [-0.2, 0) is 6.42 Å². The lowest BCUT2D eigenvalue weighted by molar-refractivity contribution is 0.176. The summed E-state index contributed by atoms with van der Waals surface area (Å²) in [5.74, 6) is 1.29. The fourth-order valence-electron chi connectivity index (χ4n) is 2.50. The van der Waals surface area contributed by atoms with Crippen LogP contribution >= 0.6 is 11.5 Å². The predicted octanol–water partition coefficient (Wildman–Crippen LogP) is 1.51. The molecular weight excluding hydrogens is 288 g/mol. The molecule has 1 aliphatic rings. The van der Waals surface area contributed by atoms with E-state index in [4.69, 9.17) is 4.52 Å². The van der Waals surface area contributed by atoms with Gasteiger partial charge in [0.05, 0.1) is 11.7 Å². The standard InChI is InChI=1S/C13H20N6OS/c1-3-4-10-11(21-18-16-10)13-15-12(17-20-13)9(2)19-7-5-14-6-8-19/h9,14H,3-8H2,1-2H3. The molecule has 0 spiro atoms. The van der Waals surface area contributed by atoms with E-state index in [0.717, 1.165) is 55.4 Å². The molecule has 2 aromatic rings. The van der Waals surface area contributed by atoms with Crippen LogP contribution in [0.3, 0.4) is 0 Å². The number of rotatable bonds is 5. The zero-order valence-corrected chi connectivity index (χ0v) is 13.2. The van der Waals surface area contributed by atoms with Gasteiger partial charge in [-0.2, -0.15) is 4.98 Å². The zero-order valence-electron chi connectivity index (χ0n) is 12.4. The molecule has 0 aliphatic carbocycles. The Bertz CT molecular complexity index is 577. The largest absolute Gasteiger partial charge is 0.333 e. The quantitative estimate of drug-likeness (QED) is 0.896. The summed E-state index contributed by atoms with van der Waals surface area (Å²) in [6.45, 7) is 8.28. The first-order chi connectivity index (χ1) is 10.3. The molecule has 114 valence electrons. The first kappa shape index (κ1) is 14.6. The van der Waals surface area contributed by atoms with E-state index in [-0.39, 0.29) is 6.04 Å². The average molecular weight is 308 g/mol. The summed E-state index contributed by atoms with van der Waals surface area (Å²) in [6, 6.07) is 0.167. The highest BCUT2D eigenvalue weighted by Gasteiger charge is 2.24. The molecule has 0 radical (unpaired) electrons. The monoisotopic (exact) mass is 308 g/mol. The van der Waals surface area contributed by atoms with Crippen LogP contribution in [0.4, 0.5) is 0 Å². The number of nitrogens with one attached hydrogen (secondary N) is 1. The minimum atomic E-state index is 0.167. The molecule has 0 amide bonds. The normalized spacial score (nSPS) is 18.0. The molecule has 2 aromatic heterocycles. The van der Waals surface area contributed by atoms with E-state index in [2.05, 4.69) is 43.8 Å². The smallest absolute Gasteiger partial charge is 0.271 e. The molecule has 1 atom stereocenters. The van der Waals surface area contributed by atoms with Gasteiger partial charge in [-0.15, -0.1) is 5.10 Å². The predicted molar refractivity (Wildman–Crippen MR) is 80.1 cm³/mol. The molecule has 21 heavy (non-hydrogen) atoms. The fourth-order valence-corrected chi connectivity index (χ4v) is 3.13. The number of hydrogen-bond acceptors (Lipinski definition) is 8. The van der Waals surface area contributed by atoms with E-state index in [0.29, 0.717) is 5.89 Å². The summed E-state index contributed by atoms with van der Waals surface area (Å²) in [5, 5.41) is 11.6. The van der Waals surface area contributed by atoms with Crippen LogP contribution < -0.4 is 5.32 Å². The summed E-state index contributed by atoms with van der Waals surface area (Å²) in [7, 11) is 0. The summed E-state index contributed by atoms with van der Waals surface area (Å²) in [5.41, 5.74) is 0.951. The second-order valence-electron chi connectivity index (χ2n) is 5.22. The van der Waals surface area contributed by atoms with Gasteiger partial charge in [0.25, 0.3) is 5.89 Å². The van der Waals surface area contributed by atoms with E-state index in [1.807, 2.05) is 0 Å². The average Bonchev–Trinajstić information content (AvgIpc) is 3.16. The van der Waals surface area contributed by atoms with Crippen LogP contribution in [0.1, 0.15) is 37.8 Å². The SMILES string of the molecule is CCCc1nnsc1-c1nc(C(C)N2CCNCC2)no1. The molecule has 0 bridgehead atoms. The number of piperazine rings is 1. The van der Waals surface area contributed by atoms with Crippen molar-refractivity contribution in [3.63, 3.8) is 0 Å². The highest BCUT2D eigenvalue weighted by atomic mass is 32.1. The fraction of sp³-hybridized carbons (Fsp3) is 0.692. The number of nitrogens with zero attached hydrogens (tertiary/aromatic N) is 5. The van der Waals surface area contributed by atoms with Crippen molar-refractivity contribution in [2.75, 3.05) is 26.2 Å². The van der Waals surface area contributed by atoms with Crippen molar-refractivity contribution in [1.82, 2.24) is 29.9 Å². The van der Waals surface area contributed by atoms with Gasteiger partial charge in [-0.3, -0.25) is 4.90 Å². The molecule has 7 nitrogen and oxygen atoms in total. The molecule has 1 N–H and O–H groups in total. The Morgan fingerprint density at radius 3 is 2.95 bits per heavy atom. The maximum atomic E-state index is 5.43. The molecule has 1 saturated heterocycles. The Labute approximate surface area is 127 Å². The Balaban J connectivity index is 1.77. The first-order valence-corrected chi connectivity index (χ1v) is 8.17. The summed E-state index contributed by atoms with van der Waals surface area (Å²) in [6.07, 6.45) is 1.91. The minimum Gasteiger partial charge on any atom is -0.333 e. The maximum Gasteiger partial charge on any atom is 0.271 e. The highest BCUT2D eigenvalue weighted by molar-refractivity contribution is 7.09.